The molecule has 2 rings (SSSR count). The smallest absolute Gasteiger partial charge is 0.145 e. The number of nitrogens with two attached hydrogens (primary N) is 1. The number of hydrogen-bond acceptors (Lipinski definition) is 4. The van der Waals surface area contributed by atoms with Crippen LogP contribution in [0.1, 0.15) is 25.7 Å². The molecule has 0 saturated carbocycles. The molecule has 2 heterocycles. The highest BCUT2D eigenvalue weighted by Crippen LogP contribution is 2.16. The maximum absolute atomic E-state index is 9.31. The highest BCUT2D eigenvalue weighted by molar-refractivity contribution is 5.23. The zero-order valence-electron chi connectivity index (χ0n) is 10.3. The van der Waals surface area contributed by atoms with Gasteiger partial charge in [0.1, 0.15) is 5.82 Å². The van der Waals surface area contributed by atoms with Gasteiger partial charge in [-0.3, -0.25) is 9.58 Å². The molecule has 1 aliphatic rings. The summed E-state index contributed by atoms with van der Waals surface area (Å²) in [5, 5.41) is 13.5. The average molecular weight is 238 g/mol. The van der Waals surface area contributed by atoms with Crippen LogP contribution in [0, 0.1) is 0 Å². The van der Waals surface area contributed by atoms with Gasteiger partial charge in [-0.2, -0.15) is 5.10 Å². The molecule has 3 N–H and O–H groups in total. The predicted octanol–water partition coefficient (Wildman–Crippen LogP) is 0.702. The van der Waals surface area contributed by atoms with Gasteiger partial charge in [0.25, 0.3) is 0 Å². The number of aliphatic hydroxyl groups is 1. The van der Waals surface area contributed by atoms with E-state index >= 15 is 0 Å². The van der Waals surface area contributed by atoms with E-state index in [4.69, 9.17) is 5.73 Å². The summed E-state index contributed by atoms with van der Waals surface area (Å²) in [7, 11) is 0. The third-order valence-corrected chi connectivity index (χ3v) is 3.45. The van der Waals surface area contributed by atoms with E-state index in [0.29, 0.717) is 11.9 Å². The molecule has 0 radical (unpaired) electrons. The van der Waals surface area contributed by atoms with Crippen molar-refractivity contribution in [2.75, 3.05) is 25.4 Å². The highest BCUT2D eigenvalue weighted by atomic mass is 16.3. The number of aliphatic hydroxyl groups excluding tert-OH is 1. The van der Waals surface area contributed by atoms with Crippen LogP contribution < -0.4 is 5.73 Å². The standard InChI is InChI=1S/C12H22N4O/c13-12-5-9-16(14-12)8-3-7-15-6-2-1-4-11(15)10-17/h5,9,11,17H,1-4,6-8,10H2,(H2,13,14). The molecule has 1 saturated heterocycles. The molecule has 1 aliphatic heterocycles. The van der Waals surface area contributed by atoms with Crippen LogP contribution in [0.5, 0.6) is 0 Å². The maximum Gasteiger partial charge on any atom is 0.145 e. The predicted molar refractivity (Wildman–Crippen MR) is 67.6 cm³/mol. The fourth-order valence-corrected chi connectivity index (χ4v) is 2.50. The van der Waals surface area contributed by atoms with Crippen LogP contribution in [-0.2, 0) is 6.54 Å². The van der Waals surface area contributed by atoms with Crippen molar-refractivity contribution in [3.63, 3.8) is 0 Å². The lowest BCUT2D eigenvalue weighted by atomic mass is 10.0. The first-order chi connectivity index (χ1) is 8.29. The third kappa shape index (κ3) is 3.44. The minimum absolute atomic E-state index is 0.286. The van der Waals surface area contributed by atoms with Gasteiger partial charge < -0.3 is 10.8 Å². The van der Waals surface area contributed by atoms with Crippen LogP contribution in [0.2, 0.25) is 0 Å². The van der Waals surface area contributed by atoms with Gasteiger partial charge in [0.15, 0.2) is 0 Å². The van der Waals surface area contributed by atoms with E-state index in [1.807, 2.05) is 16.9 Å². The van der Waals surface area contributed by atoms with Gasteiger partial charge in [0, 0.05) is 25.3 Å². The Labute approximate surface area is 102 Å². The molecule has 17 heavy (non-hydrogen) atoms. The van der Waals surface area contributed by atoms with Crippen molar-refractivity contribution in [3.8, 4) is 0 Å². The van der Waals surface area contributed by atoms with Crippen molar-refractivity contribution < 1.29 is 5.11 Å². The Bertz CT molecular complexity index is 339. The summed E-state index contributed by atoms with van der Waals surface area (Å²) >= 11 is 0. The van der Waals surface area contributed by atoms with E-state index in [-0.39, 0.29) is 6.61 Å². The second kappa shape index (κ2) is 6.02. The average Bonchev–Trinajstić information content (AvgIpc) is 2.76. The van der Waals surface area contributed by atoms with E-state index in [1.165, 1.54) is 12.8 Å². The van der Waals surface area contributed by atoms with Gasteiger partial charge in [-0.1, -0.05) is 6.42 Å². The van der Waals surface area contributed by atoms with Crippen LogP contribution >= 0.6 is 0 Å². The summed E-state index contributed by atoms with van der Waals surface area (Å²) < 4.78 is 1.88. The number of nitrogen functional groups attached to an aromatic ring is 1. The van der Waals surface area contributed by atoms with E-state index in [2.05, 4.69) is 10.00 Å². The van der Waals surface area contributed by atoms with Gasteiger partial charge in [-0.15, -0.1) is 0 Å². The van der Waals surface area contributed by atoms with Gasteiger partial charge in [0.2, 0.25) is 0 Å². The molecule has 96 valence electrons. The lowest BCUT2D eigenvalue weighted by Gasteiger charge is -2.34. The lowest BCUT2D eigenvalue weighted by Crippen LogP contribution is -2.42. The fraction of sp³-hybridized carbons (Fsp3) is 0.750. The zero-order valence-corrected chi connectivity index (χ0v) is 10.3. The van der Waals surface area contributed by atoms with Gasteiger partial charge in [-0.25, -0.2) is 0 Å². The number of hydrogen-bond donors (Lipinski definition) is 2. The molecule has 0 amide bonds. The van der Waals surface area contributed by atoms with Crippen LogP contribution in [-0.4, -0.2) is 45.5 Å². The molecular formula is C12H22N4O. The number of piperidine rings is 1. The van der Waals surface area contributed by atoms with E-state index in [0.717, 1.165) is 32.5 Å². The minimum atomic E-state index is 0.286. The highest BCUT2D eigenvalue weighted by Gasteiger charge is 2.20. The number of nitrogens with zero attached hydrogens (tertiary/aromatic N) is 3. The Morgan fingerprint density at radius 2 is 2.29 bits per heavy atom. The second-order valence-electron chi connectivity index (χ2n) is 4.73. The molecule has 0 aromatic carbocycles. The van der Waals surface area contributed by atoms with Crippen LogP contribution in [0.15, 0.2) is 12.3 Å². The second-order valence-corrected chi connectivity index (χ2v) is 4.73. The largest absolute Gasteiger partial charge is 0.395 e. The molecule has 0 bridgehead atoms. The first-order valence-corrected chi connectivity index (χ1v) is 6.43. The molecule has 5 nitrogen and oxygen atoms in total. The van der Waals surface area contributed by atoms with Crippen molar-refractivity contribution in [2.24, 2.45) is 0 Å². The molecule has 0 spiro atoms. The summed E-state index contributed by atoms with van der Waals surface area (Å²) in [6.45, 7) is 3.33. The Kier molecular flexibility index (Phi) is 4.39. The zero-order chi connectivity index (χ0) is 12.1. The number of rotatable bonds is 5. The van der Waals surface area contributed by atoms with Crippen LogP contribution in [0.25, 0.3) is 0 Å². The van der Waals surface area contributed by atoms with Gasteiger partial charge >= 0.3 is 0 Å². The summed E-state index contributed by atoms with van der Waals surface area (Å²) in [6.07, 6.45) is 6.60. The molecule has 0 aliphatic carbocycles. The topological polar surface area (TPSA) is 67.3 Å². The molecule has 1 fully saturated rings. The molecule has 1 unspecified atom stereocenters. The van der Waals surface area contributed by atoms with E-state index in [1.54, 1.807) is 0 Å². The summed E-state index contributed by atoms with van der Waals surface area (Å²) in [6, 6.07) is 2.18. The first-order valence-electron chi connectivity index (χ1n) is 6.43. The van der Waals surface area contributed by atoms with E-state index < -0.39 is 0 Å². The van der Waals surface area contributed by atoms with Crippen molar-refractivity contribution in [3.05, 3.63) is 12.3 Å². The first kappa shape index (κ1) is 12.4. The quantitative estimate of drug-likeness (QED) is 0.792. The molecule has 1 aromatic rings. The number of aromatic nitrogens is 2. The molecule has 1 aromatic heterocycles. The number of aryl methyl sites for hydroxylation is 1. The summed E-state index contributed by atoms with van der Waals surface area (Å²) in [4.78, 5) is 2.40. The summed E-state index contributed by atoms with van der Waals surface area (Å²) in [5.74, 6) is 0.580. The monoisotopic (exact) mass is 238 g/mol. The lowest BCUT2D eigenvalue weighted by molar-refractivity contribution is 0.0879. The minimum Gasteiger partial charge on any atom is -0.395 e. The van der Waals surface area contributed by atoms with Crippen molar-refractivity contribution >= 4 is 5.82 Å². The third-order valence-electron chi connectivity index (χ3n) is 3.45. The Morgan fingerprint density at radius 3 is 3.00 bits per heavy atom. The SMILES string of the molecule is Nc1ccn(CCCN2CCCCC2CO)n1. The number of anilines is 1. The van der Waals surface area contributed by atoms with Gasteiger partial charge in [-0.05, 0) is 31.9 Å². The van der Waals surface area contributed by atoms with Crippen molar-refractivity contribution in [1.82, 2.24) is 14.7 Å². The number of likely N-dealkylation sites (tertiary alicyclic amines) is 1. The van der Waals surface area contributed by atoms with Crippen molar-refractivity contribution in [1.29, 1.82) is 0 Å². The van der Waals surface area contributed by atoms with Crippen LogP contribution in [0.3, 0.4) is 0 Å². The molecular weight excluding hydrogens is 216 g/mol. The van der Waals surface area contributed by atoms with Crippen LogP contribution in [0.4, 0.5) is 5.82 Å². The Hall–Kier alpha value is -1.07. The molecule has 5 heteroatoms. The molecule has 1 atom stereocenters. The van der Waals surface area contributed by atoms with Gasteiger partial charge in [0.05, 0.1) is 6.61 Å². The Balaban J connectivity index is 1.73. The normalized spacial score (nSPS) is 21.8. The maximum atomic E-state index is 9.31. The van der Waals surface area contributed by atoms with Crippen molar-refractivity contribution in [2.45, 2.75) is 38.3 Å². The van der Waals surface area contributed by atoms with E-state index in [9.17, 15) is 5.11 Å². The Morgan fingerprint density at radius 1 is 1.41 bits per heavy atom. The summed E-state index contributed by atoms with van der Waals surface area (Å²) in [5.41, 5.74) is 5.56. The fourth-order valence-electron chi connectivity index (χ4n) is 2.50.